The van der Waals surface area contributed by atoms with Crippen molar-refractivity contribution in [3.63, 3.8) is 0 Å². The summed E-state index contributed by atoms with van der Waals surface area (Å²) < 4.78 is 31.0. The zero-order valence-corrected chi connectivity index (χ0v) is 19.5. The van der Waals surface area contributed by atoms with E-state index in [-0.39, 0.29) is 22.6 Å². The summed E-state index contributed by atoms with van der Waals surface area (Å²) in [6, 6.07) is 6.33. The maximum Gasteiger partial charge on any atom is 0.157 e. The molecule has 2 aromatic carbocycles. The van der Waals surface area contributed by atoms with Crippen LogP contribution < -0.4 is 10.2 Å². The summed E-state index contributed by atoms with van der Waals surface area (Å²) >= 11 is 0. The van der Waals surface area contributed by atoms with Gasteiger partial charge in [-0.05, 0) is 55.8 Å². The molecule has 3 aliphatic rings. The number of aromatic nitrogens is 2. The van der Waals surface area contributed by atoms with Crippen LogP contribution in [0.25, 0.3) is 32.8 Å². The molecule has 176 valence electrons. The number of fused-ring (bicyclic) bond motifs is 5. The maximum absolute atomic E-state index is 16.4. The second-order valence-corrected chi connectivity index (χ2v) is 9.50. The van der Waals surface area contributed by atoms with Crippen molar-refractivity contribution in [3.8, 4) is 29.4 Å². The van der Waals surface area contributed by atoms with Crippen LogP contribution in [0.15, 0.2) is 30.5 Å². The van der Waals surface area contributed by atoms with E-state index in [1.165, 1.54) is 24.3 Å². The number of pyridine rings is 2. The minimum atomic E-state index is -0.583. The highest BCUT2D eigenvalue weighted by Crippen LogP contribution is 2.40. The number of aryl methyl sites for hydroxylation is 2. The predicted molar refractivity (Wildman–Crippen MR) is 134 cm³/mol. The van der Waals surface area contributed by atoms with Crippen LogP contribution in [0.2, 0.25) is 0 Å². The van der Waals surface area contributed by atoms with Crippen LogP contribution >= 0.6 is 0 Å². The van der Waals surface area contributed by atoms with Crippen molar-refractivity contribution in [3.05, 3.63) is 58.9 Å². The number of hydrogen-bond donors (Lipinski definition) is 2. The Morgan fingerprint density at radius 3 is 2.69 bits per heavy atom. The molecule has 2 bridgehead atoms. The molecule has 2 N–H and O–H groups in total. The molecule has 3 saturated heterocycles. The third-order valence-electron chi connectivity index (χ3n) is 7.52. The van der Waals surface area contributed by atoms with Gasteiger partial charge in [0, 0.05) is 58.8 Å². The van der Waals surface area contributed by atoms with Gasteiger partial charge < -0.3 is 15.3 Å². The highest BCUT2D eigenvalue weighted by Gasteiger charge is 2.35. The van der Waals surface area contributed by atoms with Gasteiger partial charge in [0.2, 0.25) is 0 Å². The van der Waals surface area contributed by atoms with Crippen LogP contribution in [0.3, 0.4) is 0 Å². The number of anilines is 1. The number of benzene rings is 2. The van der Waals surface area contributed by atoms with Gasteiger partial charge in [-0.3, -0.25) is 4.98 Å². The highest BCUT2D eigenvalue weighted by atomic mass is 19.1. The minimum Gasteiger partial charge on any atom is -0.508 e. The lowest BCUT2D eigenvalue weighted by Crippen LogP contribution is -2.61. The third-order valence-corrected chi connectivity index (χ3v) is 7.52. The monoisotopic (exact) mass is 470 g/mol. The van der Waals surface area contributed by atoms with Gasteiger partial charge >= 0.3 is 0 Å². The molecule has 2 aromatic heterocycles. The number of piperazine rings is 1. The SMILES string of the molecule is C#Cc1c(F)ccc2cc(O)cc(-c3ncc4c(N5CC6CCC5CN6)nc(C)c(C)c4c3F)c12. The lowest BCUT2D eigenvalue weighted by molar-refractivity contribution is 0.289. The maximum atomic E-state index is 16.4. The number of rotatable bonds is 2. The Bertz CT molecular complexity index is 1570. The van der Waals surface area contributed by atoms with Crippen molar-refractivity contribution >= 4 is 27.4 Å². The van der Waals surface area contributed by atoms with E-state index in [9.17, 15) is 9.50 Å². The molecule has 4 aromatic rings. The lowest BCUT2D eigenvalue weighted by Gasteiger charge is -2.47. The Balaban J connectivity index is 1.63. The van der Waals surface area contributed by atoms with E-state index in [0.29, 0.717) is 33.6 Å². The second kappa shape index (κ2) is 7.89. The fraction of sp³-hybridized carbons (Fsp3) is 0.286. The molecule has 5 heterocycles. The van der Waals surface area contributed by atoms with Crippen LogP contribution in [-0.4, -0.2) is 40.2 Å². The Kier molecular flexibility index (Phi) is 4.90. The number of nitrogens with one attached hydrogen (secondary N) is 1. The zero-order valence-electron chi connectivity index (χ0n) is 19.5. The number of terminal acetylenes is 1. The lowest BCUT2D eigenvalue weighted by atomic mass is 9.92. The average molecular weight is 471 g/mol. The molecule has 2 unspecified atom stereocenters. The number of halogens is 2. The Labute approximate surface area is 201 Å². The quantitative estimate of drug-likeness (QED) is 0.405. The van der Waals surface area contributed by atoms with Crippen molar-refractivity contribution < 1.29 is 13.9 Å². The molecule has 0 radical (unpaired) electrons. The number of piperidine rings is 2. The summed E-state index contributed by atoms with van der Waals surface area (Å²) in [5.74, 6) is 1.93. The summed E-state index contributed by atoms with van der Waals surface area (Å²) in [5, 5.41) is 15.8. The third kappa shape index (κ3) is 3.24. The number of phenols is 1. The van der Waals surface area contributed by atoms with Gasteiger partial charge in [0.05, 0.1) is 5.56 Å². The molecule has 0 aliphatic carbocycles. The van der Waals surface area contributed by atoms with Crippen molar-refractivity contribution in [2.75, 3.05) is 18.0 Å². The predicted octanol–water partition coefficient (Wildman–Crippen LogP) is 4.97. The van der Waals surface area contributed by atoms with Gasteiger partial charge in [0.15, 0.2) is 5.82 Å². The number of nitrogens with zero attached hydrogens (tertiary/aromatic N) is 3. The standard InChI is InChI=1S/C28H24F2N4O/c1-4-20-23(29)8-5-16-9-19(35)10-21(25(16)20)27-26(30)24-14(2)15(3)33-28(22(24)12-32-27)34-13-17-6-7-18(34)11-31-17/h1,5,8-10,12,17-18,31,35H,6-7,11,13H2,2-3H3. The summed E-state index contributed by atoms with van der Waals surface area (Å²) in [6.45, 7) is 5.43. The molecule has 0 saturated carbocycles. The molecule has 5 nitrogen and oxygen atoms in total. The molecule has 7 rings (SSSR count). The van der Waals surface area contributed by atoms with E-state index >= 15 is 4.39 Å². The molecule has 3 aliphatic heterocycles. The Hall–Kier alpha value is -3.76. The van der Waals surface area contributed by atoms with Crippen LogP contribution in [0.1, 0.15) is 29.7 Å². The van der Waals surface area contributed by atoms with Crippen LogP contribution in [0.5, 0.6) is 5.75 Å². The van der Waals surface area contributed by atoms with Crippen molar-refractivity contribution in [2.24, 2.45) is 0 Å². The van der Waals surface area contributed by atoms with Gasteiger partial charge in [0.1, 0.15) is 23.1 Å². The molecular formula is C28H24F2N4O. The van der Waals surface area contributed by atoms with Gasteiger partial charge in [-0.2, -0.15) is 0 Å². The normalized spacial score (nSPS) is 19.5. The van der Waals surface area contributed by atoms with Gasteiger partial charge in [-0.15, -0.1) is 6.42 Å². The topological polar surface area (TPSA) is 61.3 Å². The summed E-state index contributed by atoms with van der Waals surface area (Å²) in [4.78, 5) is 11.6. The number of aromatic hydroxyl groups is 1. The molecule has 3 fully saturated rings. The fourth-order valence-electron chi connectivity index (χ4n) is 5.63. The van der Waals surface area contributed by atoms with Gasteiger partial charge in [-0.1, -0.05) is 12.0 Å². The smallest absolute Gasteiger partial charge is 0.157 e. The number of phenolic OH excluding ortho intramolecular Hbond substituents is 1. The van der Waals surface area contributed by atoms with E-state index < -0.39 is 11.6 Å². The fourth-order valence-corrected chi connectivity index (χ4v) is 5.63. The molecule has 7 heteroatoms. The van der Waals surface area contributed by atoms with Gasteiger partial charge in [0.25, 0.3) is 0 Å². The van der Waals surface area contributed by atoms with Gasteiger partial charge in [-0.25, -0.2) is 13.8 Å². The zero-order chi connectivity index (χ0) is 24.4. The largest absolute Gasteiger partial charge is 0.508 e. The first kappa shape index (κ1) is 21.8. The summed E-state index contributed by atoms with van der Waals surface area (Å²) in [7, 11) is 0. The van der Waals surface area contributed by atoms with Crippen molar-refractivity contribution in [1.29, 1.82) is 0 Å². The van der Waals surface area contributed by atoms with Crippen molar-refractivity contribution in [2.45, 2.75) is 38.8 Å². The van der Waals surface area contributed by atoms with E-state index in [1.54, 1.807) is 6.20 Å². The number of hydrogen-bond acceptors (Lipinski definition) is 5. The highest BCUT2D eigenvalue weighted by molar-refractivity contribution is 6.04. The van der Waals surface area contributed by atoms with Crippen LogP contribution in [0.4, 0.5) is 14.6 Å². The Morgan fingerprint density at radius 1 is 1.17 bits per heavy atom. The minimum absolute atomic E-state index is 0.0129. The summed E-state index contributed by atoms with van der Waals surface area (Å²) in [6.07, 6.45) is 9.45. The van der Waals surface area contributed by atoms with Crippen LogP contribution in [-0.2, 0) is 0 Å². The van der Waals surface area contributed by atoms with E-state index in [2.05, 4.69) is 21.1 Å². The second-order valence-electron chi connectivity index (χ2n) is 9.50. The molecular weight excluding hydrogens is 446 g/mol. The van der Waals surface area contributed by atoms with Crippen LogP contribution in [0, 0.1) is 37.8 Å². The van der Waals surface area contributed by atoms with E-state index in [0.717, 1.165) is 43.0 Å². The average Bonchev–Trinajstić information content (AvgIpc) is 2.86. The molecule has 0 spiro atoms. The first-order valence-corrected chi connectivity index (χ1v) is 11.7. The molecule has 2 atom stereocenters. The van der Waals surface area contributed by atoms with E-state index in [1.807, 2.05) is 13.8 Å². The summed E-state index contributed by atoms with van der Waals surface area (Å²) in [5.41, 5.74) is 1.75. The molecule has 0 amide bonds. The van der Waals surface area contributed by atoms with E-state index in [4.69, 9.17) is 11.4 Å². The first-order valence-electron chi connectivity index (χ1n) is 11.7. The van der Waals surface area contributed by atoms with Crippen molar-refractivity contribution in [1.82, 2.24) is 15.3 Å². The Morgan fingerprint density at radius 2 is 2.00 bits per heavy atom. The molecule has 35 heavy (non-hydrogen) atoms. The first-order chi connectivity index (χ1) is 16.9.